The molecule has 7 nitrogen and oxygen atoms in total. The summed E-state index contributed by atoms with van der Waals surface area (Å²) in [4.78, 5) is 19.5. The maximum absolute atomic E-state index is 10.8. The Labute approximate surface area is 178 Å². The highest BCUT2D eigenvalue weighted by Gasteiger charge is 2.19. The number of carbonyl (C=O) groups is 1. The molecule has 0 spiro atoms. The van der Waals surface area contributed by atoms with Gasteiger partial charge in [0.25, 0.3) is 0 Å². The third kappa shape index (κ3) is 4.21. The van der Waals surface area contributed by atoms with E-state index in [1.165, 1.54) is 14.2 Å². The van der Waals surface area contributed by atoms with E-state index in [-0.39, 0.29) is 0 Å². The number of hydrogen-bond donors (Lipinski definition) is 2. The molecule has 0 saturated carbocycles. The molecule has 0 radical (unpaired) electrons. The Morgan fingerprint density at radius 2 is 1.66 bits per heavy atom. The molecule has 1 heterocycles. The second-order valence-corrected chi connectivity index (χ2v) is 6.72. The van der Waals surface area contributed by atoms with Gasteiger partial charge in [-0.15, -0.1) is 0 Å². The molecular formula is C20H18Cl2N4O3. The highest BCUT2D eigenvalue weighted by atomic mass is 35.5. The lowest BCUT2D eigenvalue weighted by Gasteiger charge is -2.15. The van der Waals surface area contributed by atoms with Crippen LogP contribution < -0.4 is 20.1 Å². The third-order valence-electron chi connectivity index (χ3n) is 4.24. The van der Waals surface area contributed by atoms with Gasteiger partial charge in [0.2, 0.25) is 12.4 Å². The summed E-state index contributed by atoms with van der Waals surface area (Å²) in [6.07, 6.45) is 3.79. The number of methoxy groups -OCH3 is 2. The fourth-order valence-corrected chi connectivity index (χ4v) is 3.51. The summed E-state index contributed by atoms with van der Waals surface area (Å²) in [5.41, 5.74) is 3.35. The van der Waals surface area contributed by atoms with Crippen LogP contribution >= 0.6 is 23.2 Å². The topological polar surface area (TPSA) is 85.4 Å². The van der Waals surface area contributed by atoms with Crippen molar-refractivity contribution in [1.29, 1.82) is 0 Å². The molecule has 9 heteroatoms. The van der Waals surface area contributed by atoms with Gasteiger partial charge >= 0.3 is 0 Å². The molecule has 0 unspecified atom stereocenters. The Balaban J connectivity index is 1.98. The molecule has 3 aromatic rings. The van der Waals surface area contributed by atoms with E-state index < -0.39 is 0 Å². The highest BCUT2D eigenvalue weighted by Crippen LogP contribution is 2.45. The number of ether oxygens (including phenoxy) is 2. The van der Waals surface area contributed by atoms with Crippen molar-refractivity contribution in [3.05, 3.63) is 52.3 Å². The number of nitrogens with zero attached hydrogens (tertiary/aromatic N) is 2. The van der Waals surface area contributed by atoms with Crippen LogP contribution in [0.2, 0.25) is 10.0 Å². The number of aryl methyl sites for hydroxylation is 1. The lowest BCUT2D eigenvalue weighted by molar-refractivity contribution is -0.105. The van der Waals surface area contributed by atoms with Gasteiger partial charge in [0.05, 0.1) is 35.6 Å². The van der Waals surface area contributed by atoms with Gasteiger partial charge in [-0.2, -0.15) is 0 Å². The molecule has 2 N–H and O–H groups in total. The van der Waals surface area contributed by atoms with Crippen LogP contribution in [0.1, 0.15) is 5.56 Å². The van der Waals surface area contributed by atoms with Crippen molar-refractivity contribution in [3.8, 4) is 22.6 Å². The predicted octanol–water partition coefficient (Wildman–Crippen LogP) is 5.09. The van der Waals surface area contributed by atoms with E-state index in [9.17, 15) is 4.79 Å². The van der Waals surface area contributed by atoms with Crippen molar-refractivity contribution in [1.82, 2.24) is 9.97 Å². The molecule has 3 rings (SSSR count). The summed E-state index contributed by atoms with van der Waals surface area (Å²) in [5.74, 6) is 1.20. The number of carbonyl (C=O) groups excluding carboxylic acids is 1. The first-order chi connectivity index (χ1) is 14.0. The van der Waals surface area contributed by atoms with E-state index in [1.54, 1.807) is 24.5 Å². The maximum atomic E-state index is 10.8. The molecular weight excluding hydrogens is 415 g/mol. The zero-order valence-corrected chi connectivity index (χ0v) is 17.4. The average molecular weight is 433 g/mol. The average Bonchev–Trinajstić information content (AvgIpc) is 2.72. The van der Waals surface area contributed by atoms with Crippen molar-refractivity contribution in [2.75, 3.05) is 24.9 Å². The van der Waals surface area contributed by atoms with E-state index in [1.807, 2.05) is 19.1 Å². The Morgan fingerprint density at radius 1 is 1.03 bits per heavy atom. The highest BCUT2D eigenvalue weighted by molar-refractivity contribution is 6.41. The molecule has 1 amide bonds. The van der Waals surface area contributed by atoms with Crippen LogP contribution in [0.4, 0.5) is 17.3 Å². The van der Waals surface area contributed by atoms with E-state index >= 15 is 0 Å². The first-order valence-electron chi connectivity index (χ1n) is 8.49. The number of benzene rings is 2. The summed E-state index contributed by atoms with van der Waals surface area (Å²) in [6, 6.07) is 7.15. The number of para-hydroxylation sites is 1. The Hall–Kier alpha value is -3.03. The van der Waals surface area contributed by atoms with Gasteiger partial charge in [0.1, 0.15) is 11.5 Å². The zero-order chi connectivity index (χ0) is 21.0. The fraction of sp³-hybridized carbons (Fsp3) is 0.150. The third-order valence-corrected chi connectivity index (χ3v) is 4.99. The van der Waals surface area contributed by atoms with Gasteiger partial charge in [-0.25, -0.2) is 9.97 Å². The summed E-state index contributed by atoms with van der Waals surface area (Å²) in [5, 5.41) is 6.44. The standard InChI is InChI=1S/C20H18Cl2N4O3/c1-11-5-4-6-13(25-10-27)19(11)26-20-23-8-12(9-24-20)16-17(21)14(28-2)7-15(29-3)18(16)22/h4-10H,1-3H3,(H,25,27)(H,23,24,26). The molecule has 0 bridgehead atoms. The number of halogens is 2. The maximum Gasteiger partial charge on any atom is 0.227 e. The first kappa shape index (κ1) is 20.7. The largest absolute Gasteiger partial charge is 0.495 e. The van der Waals surface area contributed by atoms with Crippen molar-refractivity contribution in [3.63, 3.8) is 0 Å². The minimum atomic E-state index is 0.332. The summed E-state index contributed by atoms with van der Waals surface area (Å²) < 4.78 is 10.6. The van der Waals surface area contributed by atoms with Crippen LogP contribution in [0.3, 0.4) is 0 Å². The summed E-state index contributed by atoms with van der Waals surface area (Å²) in [6.45, 7) is 1.91. The van der Waals surface area contributed by atoms with Crippen LogP contribution in [-0.2, 0) is 4.79 Å². The number of nitrogens with one attached hydrogen (secondary N) is 2. The summed E-state index contributed by atoms with van der Waals surface area (Å²) >= 11 is 12.9. The number of rotatable bonds is 7. The molecule has 0 fully saturated rings. The lowest BCUT2D eigenvalue weighted by Crippen LogP contribution is -2.04. The minimum Gasteiger partial charge on any atom is -0.495 e. The number of hydrogen-bond acceptors (Lipinski definition) is 6. The Bertz CT molecular complexity index is 1010. The van der Waals surface area contributed by atoms with Crippen LogP contribution in [0.5, 0.6) is 11.5 Å². The van der Waals surface area contributed by atoms with Gasteiger partial charge in [-0.05, 0) is 18.6 Å². The SMILES string of the molecule is COc1cc(OC)c(Cl)c(-c2cnc(Nc3c(C)cccc3NC=O)nc2)c1Cl. The van der Waals surface area contributed by atoms with Crippen molar-refractivity contribution >= 4 is 46.9 Å². The van der Waals surface area contributed by atoms with E-state index in [2.05, 4.69) is 20.6 Å². The van der Waals surface area contributed by atoms with Crippen LogP contribution in [0.15, 0.2) is 36.7 Å². The van der Waals surface area contributed by atoms with E-state index in [0.29, 0.717) is 56.4 Å². The second kappa shape index (κ2) is 8.98. The Morgan fingerprint density at radius 3 is 2.21 bits per heavy atom. The molecule has 0 atom stereocenters. The van der Waals surface area contributed by atoms with E-state index in [4.69, 9.17) is 32.7 Å². The van der Waals surface area contributed by atoms with Gasteiger partial charge in [0, 0.05) is 29.6 Å². The van der Waals surface area contributed by atoms with Crippen molar-refractivity contribution < 1.29 is 14.3 Å². The van der Waals surface area contributed by atoms with Crippen LogP contribution in [0.25, 0.3) is 11.1 Å². The molecule has 0 aliphatic heterocycles. The lowest BCUT2D eigenvalue weighted by atomic mass is 10.1. The second-order valence-electron chi connectivity index (χ2n) is 5.96. The van der Waals surface area contributed by atoms with Crippen molar-refractivity contribution in [2.24, 2.45) is 0 Å². The monoisotopic (exact) mass is 432 g/mol. The number of aromatic nitrogens is 2. The molecule has 150 valence electrons. The van der Waals surface area contributed by atoms with Crippen LogP contribution in [0, 0.1) is 6.92 Å². The number of anilines is 3. The molecule has 0 aliphatic carbocycles. The quantitative estimate of drug-likeness (QED) is 0.505. The van der Waals surface area contributed by atoms with Gasteiger partial charge in [-0.1, -0.05) is 35.3 Å². The smallest absolute Gasteiger partial charge is 0.227 e. The molecule has 0 saturated heterocycles. The van der Waals surface area contributed by atoms with E-state index in [0.717, 1.165) is 5.56 Å². The molecule has 29 heavy (non-hydrogen) atoms. The Kier molecular flexibility index (Phi) is 6.41. The van der Waals surface area contributed by atoms with Crippen LogP contribution in [-0.4, -0.2) is 30.6 Å². The van der Waals surface area contributed by atoms with Gasteiger partial charge in [-0.3, -0.25) is 4.79 Å². The number of amides is 1. The van der Waals surface area contributed by atoms with Crippen molar-refractivity contribution in [2.45, 2.75) is 6.92 Å². The zero-order valence-electron chi connectivity index (χ0n) is 15.9. The molecule has 0 aliphatic rings. The predicted molar refractivity (Wildman–Crippen MR) is 115 cm³/mol. The van der Waals surface area contributed by atoms with Gasteiger partial charge in [0.15, 0.2) is 0 Å². The molecule has 1 aromatic heterocycles. The normalized spacial score (nSPS) is 10.4. The first-order valence-corrected chi connectivity index (χ1v) is 9.25. The fourth-order valence-electron chi connectivity index (χ4n) is 2.79. The minimum absolute atomic E-state index is 0.332. The van der Waals surface area contributed by atoms with Gasteiger partial charge < -0.3 is 20.1 Å². The molecule has 2 aromatic carbocycles. The summed E-state index contributed by atoms with van der Waals surface area (Å²) in [7, 11) is 3.02.